The van der Waals surface area contributed by atoms with Crippen LogP contribution in [0.15, 0.2) is 55.1 Å². The van der Waals surface area contributed by atoms with E-state index in [0.29, 0.717) is 11.5 Å². The molecule has 4 aromatic rings. The molecule has 0 aliphatic rings. The molecule has 1 amide bonds. The number of carbonyl (C=O) groups is 1. The average Bonchev–Trinajstić information content (AvgIpc) is 3.21. The van der Waals surface area contributed by atoms with E-state index in [-0.39, 0.29) is 5.91 Å². The Morgan fingerprint density at radius 3 is 2.79 bits per heavy atom. The van der Waals surface area contributed by atoms with Crippen molar-refractivity contribution >= 4 is 22.6 Å². The molecule has 0 saturated heterocycles. The molecule has 0 aliphatic carbocycles. The Balaban J connectivity index is 1.62. The van der Waals surface area contributed by atoms with E-state index in [1.807, 2.05) is 18.2 Å². The Bertz CT molecular complexity index is 1020. The molecular formula is C17H14N6O. The van der Waals surface area contributed by atoms with Gasteiger partial charge in [0.15, 0.2) is 5.69 Å². The molecule has 0 bridgehead atoms. The number of fused-ring (bicyclic) bond motifs is 1. The van der Waals surface area contributed by atoms with E-state index in [9.17, 15) is 4.79 Å². The second kappa shape index (κ2) is 5.62. The first-order valence-electron chi connectivity index (χ1n) is 7.39. The van der Waals surface area contributed by atoms with Crippen LogP contribution in [0, 0.1) is 0 Å². The summed E-state index contributed by atoms with van der Waals surface area (Å²) in [6, 6.07) is 9.34. The predicted molar refractivity (Wildman–Crippen MR) is 90.5 cm³/mol. The molecule has 4 rings (SSSR count). The van der Waals surface area contributed by atoms with E-state index in [2.05, 4.69) is 25.4 Å². The van der Waals surface area contributed by atoms with Gasteiger partial charge in [0.05, 0.1) is 5.52 Å². The molecule has 0 atom stereocenters. The van der Waals surface area contributed by atoms with Crippen LogP contribution in [0.3, 0.4) is 0 Å². The van der Waals surface area contributed by atoms with Crippen LogP contribution >= 0.6 is 0 Å². The van der Waals surface area contributed by atoms with Crippen molar-refractivity contribution in [2.45, 2.75) is 0 Å². The lowest BCUT2D eigenvalue weighted by atomic mass is 10.2. The number of amides is 1. The summed E-state index contributed by atoms with van der Waals surface area (Å²) >= 11 is 0. The second-order valence-corrected chi connectivity index (χ2v) is 5.40. The average molecular weight is 318 g/mol. The van der Waals surface area contributed by atoms with E-state index >= 15 is 0 Å². The van der Waals surface area contributed by atoms with Crippen LogP contribution in [0.25, 0.3) is 22.2 Å². The number of aromatic nitrogens is 5. The monoisotopic (exact) mass is 318 g/mol. The minimum Gasteiger partial charge on any atom is -0.354 e. The summed E-state index contributed by atoms with van der Waals surface area (Å²) in [5.41, 5.74) is 3.26. The Kier molecular flexibility index (Phi) is 3.31. The van der Waals surface area contributed by atoms with Crippen molar-refractivity contribution < 1.29 is 4.79 Å². The molecule has 118 valence electrons. The molecule has 0 aromatic carbocycles. The van der Waals surface area contributed by atoms with Crippen LogP contribution in [0.2, 0.25) is 0 Å². The first-order chi connectivity index (χ1) is 11.7. The van der Waals surface area contributed by atoms with Crippen molar-refractivity contribution in [3.05, 3.63) is 60.8 Å². The summed E-state index contributed by atoms with van der Waals surface area (Å²) < 4.78 is 1.58. The standard InChI is InChI=1S/C17H14N6O/c1-23-7-4-13(22-23)17(24)21-16-9-15-12(10-19-16)8-14(20-15)11-2-5-18-6-3-11/h2-10,20H,1H3,(H,19,21,24). The Morgan fingerprint density at radius 1 is 1.21 bits per heavy atom. The first kappa shape index (κ1) is 14.1. The minimum atomic E-state index is -0.289. The number of H-pyrrole nitrogens is 1. The van der Waals surface area contributed by atoms with Gasteiger partial charge in [-0.3, -0.25) is 14.5 Å². The lowest BCUT2D eigenvalue weighted by Crippen LogP contribution is -2.13. The number of rotatable bonds is 3. The highest BCUT2D eigenvalue weighted by Crippen LogP contribution is 2.24. The number of hydrogen-bond acceptors (Lipinski definition) is 4. The summed E-state index contributed by atoms with van der Waals surface area (Å²) in [5, 5.41) is 7.80. The fourth-order valence-corrected chi connectivity index (χ4v) is 2.50. The van der Waals surface area contributed by atoms with Gasteiger partial charge < -0.3 is 10.3 Å². The van der Waals surface area contributed by atoms with Crippen molar-refractivity contribution in [3.63, 3.8) is 0 Å². The zero-order valence-corrected chi connectivity index (χ0v) is 12.9. The second-order valence-electron chi connectivity index (χ2n) is 5.40. The highest BCUT2D eigenvalue weighted by molar-refractivity contribution is 6.03. The minimum absolute atomic E-state index is 0.289. The summed E-state index contributed by atoms with van der Waals surface area (Å²) in [6.07, 6.45) is 6.94. The fraction of sp³-hybridized carbons (Fsp3) is 0.0588. The van der Waals surface area contributed by atoms with E-state index in [0.717, 1.165) is 22.2 Å². The number of anilines is 1. The number of pyridine rings is 2. The SMILES string of the molecule is Cn1ccc(C(=O)Nc2cc3[nH]c(-c4ccncc4)cc3cn2)n1. The van der Waals surface area contributed by atoms with Crippen molar-refractivity contribution in [1.29, 1.82) is 0 Å². The van der Waals surface area contributed by atoms with E-state index in [1.54, 1.807) is 48.6 Å². The largest absolute Gasteiger partial charge is 0.354 e. The van der Waals surface area contributed by atoms with Crippen LogP contribution in [-0.2, 0) is 7.05 Å². The molecule has 0 radical (unpaired) electrons. The molecule has 0 unspecified atom stereocenters. The van der Waals surface area contributed by atoms with Gasteiger partial charge in [-0.2, -0.15) is 5.10 Å². The van der Waals surface area contributed by atoms with Gasteiger partial charge in [0.2, 0.25) is 0 Å². The van der Waals surface area contributed by atoms with Gasteiger partial charge in [-0.25, -0.2) is 4.98 Å². The summed E-state index contributed by atoms with van der Waals surface area (Å²) in [4.78, 5) is 23.8. The Morgan fingerprint density at radius 2 is 2.04 bits per heavy atom. The van der Waals surface area contributed by atoms with Crippen molar-refractivity contribution in [2.75, 3.05) is 5.32 Å². The quantitative estimate of drug-likeness (QED) is 0.608. The molecule has 2 N–H and O–H groups in total. The molecule has 0 fully saturated rings. The highest BCUT2D eigenvalue weighted by Gasteiger charge is 2.11. The van der Waals surface area contributed by atoms with Gasteiger partial charge in [-0.1, -0.05) is 0 Å². The third kappa shape index (κ3) is 2.63. The van der Waals surface area contributed by atoms with Gasteiger partial charge in [0, 0.05) is 54.5 Å². The topological polar surface area (TPSA) is 88.5 Å². The van der Waals surface area contributed by atoms with Gasteiger partial charge in [-0.15, -0.1) is 0 Å². The maximum Gasteiger partial charge on any atom is 0.277 e. The number of nitrogens with one attached hydrogen (secondary N) is 2. The molecule has 0 spiro atoms. The van der Waals surface area contributed by atoms with Gasteiger partial charge in [0.1, 0.15) is 5.82 Å². The van der Waals surface area contributed by atoms with Crippen molar-refractivity contribution in [1.82, 2.24) is 24.7 Å². The zero-order chi connectivity index (χ0) is 16.5. The number of aromatic amines is 1. The maximum absolute atomic E-state index is 12.1. The van der Waals surface area contributed by atoms with Gasteiger partial charge >= 0.3 is 0 Å². The lowest BCUT2D eigenvalue weighted by molar-refractivity contribution is 0.102. The van der Waals surface area contributed by atoms with Crippen LogP contribution in [0.4, 0.5) is 5.82 Å². The summed E-state index contributed by atoms with van der Waals surface area (Å²) in [7, 11) is 1.76. The van der Waals surface area contributed by atoms with E-state index in [4.69, 9.17) is 0 Å². The lowest BCUT2D eigenvalue weighted by Gasteiger charge is -2.02. The molecule has 7 heteroatoms. The molecule has 0 aliphatic heterocycles. The smallest absolute Gasteiger partial charge is 0.277 e. The van der Waals surface area contributed by atoms with Crippen LogP contribution in [-0.4, -0.2) is 30.6 Å². The van der Waals surface area contributed by atoms with Crippen molar-refractivity contribution in [3.8, 4) is 11.3 Å². The molecule has 7 nitrogen and oxygen atoms in total. The van der Waals surface area contributed by atoms with Gasteiger partial charge in [0.25, 0.3) is 5.91 Å². The number of nitrogens with zero attached hydrogens (tertiary/aromatic N) is 4. The van der Waals surface area contributed by atoms with Crippen LogP contribution in [0.5, 0.6) is 0 Å². The van der Waals surface area contributed by atoms with Crippen LogP contribution in [0.1, 0.15) is 10.5 Å². The maximum atomic E-state index is 12.1. The number of hydrogen-bond donors (Lipinski definition) is 2. The highest BCUT2D eigenvalue weighted by atomic mass is 16.2. The molecule has 24 heavy (non-hydrogen) atoms. The number of aryl methyl sites for hydroxylation is 1. The van der Waals surface area contributed by atoms with Crippen LogP contribution < -0.4 is 5.32 Å². The summed E-state index contributed by atoms with van der Waals surface area (Å²) in [5.74, 6) is 0.185. The first-order valence-corrected chi connectivity index (χ1v) is 7.39. The third-order valence-electron chi connectivity index (χ3n) is 3.68. The molecule has 0 saturated carbocycles. The Labute approximate surface area is 137 Å². The summed E-state index contributed by atoms with van der Waals surface area (Å²) in [6.45, 7) is 0. The molecular weight excluding hydrogens is 304 g/mol. The zero-order valence-electron chi connectivity index (χ0n) is 12.9. The normalized spacial score (nSPS) is 10.9. The van der Waals surface area contributed by atoms with Gasteiger partial charge in [-0.05, 0) is 24.3 Å². The predicted octanol–water partition coefficient (Wildman–Crippen LogP) is 2.61. The van der Waals surface area contributed by atoms with E-state index < -0.39 is 0 Å². The molecule has 4 aromatic heterocycles. The Hall–Kier alpha value is -3.48. The fourth-order valence-electron chi connectivity index (χ4n) is 2.50. The number of carbonyl (C=O) groups excluding carboxylic acids is 1. The third-order valence-corrected chi connectivity index (χ3v) is 3.68. The van der Waals surface area contributed by atoms with E-state index in [1.165, 1.54) is 0 Å². The van der Waals surface area contributed by atoms with Crippen molar-refractivity contribution in [2.24, 2.45) is 7.05 Å². The molecule has 4 heterocycles.